The second kappa shape index (κ2) is 5.11. The van der Waals surface area contributed by atoms with Crippen LogP contribution in [0.2, 0.25) is 15.1 Å². The Morgan fingerprint density at radius 3 is 2.07 bits per heavy atom. The second-order valence-corrected chi connectivity index (χ2v) is 4.39. The van der Waals surface area contributed by atoms with Crippen molar-refractivity contribution in [2.45, 2.75) is 13.3 Å². The molecule has 1 aromatic rings. The minimum absolute atomic E-state index is 0.564. The molecule has 14 heavy (non-hydrogen) atoms. The Bertz CT molecular complexity index is 302. The van der Waals surface area contributed by atoms with Crippen molar-refractivity contribution < 1.29 is 0 Å². The van der Waals surface area contributed by atoms with Crippen LogP contribution in [0.1, 0.15) is 13.3 Å². The number of hydrogen-bond donors (Lipinski definition) is 0. The first-order valence-electron chi connectivity index (χ1n) is 4.42. The molecule has 0 N–H and O–H groups in total. The highest BCUT2D eigenvalue weighted by atomic mass is 35.5. The molecule has 1 nitrogen and oxygen atoms in total. The number of benzene rings is 1. The van der Waals surface area contributed by atoms with E-state index >= 15 is 0 Å². The van der Waals surface area contributed by atoms with Crippen LogP contribution in [0.4, 0.5) is 5.69 Å². The Hall–Kier alpha value is -0.110. The van der Waals surface area contributed by atoms with E-state index in [1.807, 2.05) is 11.9 Å². The molecule has 0 atom stereocenters. The van der Waals surface area contributed by atoms with Gasteiger partial charge in [-0.25, -0.2) is 0 Å². The molecule has 0 aliphatic rings. The van der Waals surface area contributed by atoms with Crippen molar-refractivity contribution in [2.75, 3.05) is 18.5 Å². The van der Waals surface area contributed by atoms with Crippen LogP contribution in [0.25, 0.3) is 0 Å². The van der Waals surface area contributed by atoms with Crippen molar-refractivity contribution in [2.24, 2.45) is 0 Å². The van der Waals surface area contributed by atoms with Crippen LogP contribution >= 0.6 is 34.8 Å². The third kappa shape index (κ3) is 2.69. The summed E-state index contributed by atoms with van der Waals surface area (Å²) in [4.78, 5) is 2.03. The van der Waals surface area contributed by atoms with Crippen molar-refractivity contribution in [3.05, 3.63) is 27.2 Å². The minimum atomic E-state index is 0.564. The topological polar surface area (TPSA) is 3.24 Å². The SMILES string of the molecule is CCCN(C)c1c(Cl)cc(Cl)cc1Cl. The van der Waals surface area contributed by atoms with Gasteiger partial charge in [0.15, 0.2) is 0 Å². The van der Waals surface area contributed by atoms with Gasteiger partial charge in [0, 0.05) is 18.6 Å². The predicted octanol–water partition coefficient (Wildman–Crippen LogP) is 4.49. The Balaban J connectivity index is 3.07. The molecule has 0 saturated carbocycles. The summed E-state index contributed by atoms with van der Waals surface area (Å²) in [5.74, 6) is 0. The molecular weight excluding hydrogens is 240 g/mol. The summed E-state index contributed by atoms with van der Waals surface area (Å²) in [6.07, 6.45) is 1.05. The fraction of sp³-hybridized carbons (Fsp3) is 0.400. The van der Waals surface area contributed by atoms with E-state index in [0.717, 1.165) is 18.7 Å². The molecular formula is C10H12Cl3N. The minimum Gasteiger partial charge on any atom is -0.372 e. The molecule has 0 spiro atoms. The van der Waals surface area contributed by atoms with Gasteiger partial charge in [0.2, 0.25) is 0 Å². The third-order valence-corrected chi connectivity index (χ3v) is 2.72. The zero-order chi connectivity index (χ0) is 10.7. The molecule has 0 aromatic heterocycles. The van der Waals surface area contributed by atoms with Crippen molar-refractivity contribution in [1.82, 2.24) is 0 Å². The quantitative estimate of drug-likeness (QED) is 0.766. The molecule has 0 radical (unpaired) electrons. The molecule has 0 unspecified atom stereocenters. The lowest BCUT2D eigenvalue weighted by atomic mass is 10.3. The molecule has 0 bridgehead atoms. The molecule has 0 aliphatic carbocycles. The van der Waals surface area contributed by atoms with E-state index in [2.05, 4.69) is 6.92 Å². The van der Waals surface area contributed by atoms with E-state index in [-0.39, 0.29) is 0 Å². The van der Waals surface area contributed by atoms with Gasteiger partial charge in [0.25, 0.3) is 0 Å². The van der Waals surface area contributed by atoms with Crippen LogP contribution in [-0.2, 0) is 0 Å². The summed E-state index contributed by atoms with van der Waals surface area (Å²) in [5.41, 5.74) is 0.847. The van der Waals surface area contributed by atoms with Gasteiger partial charge in [-0.05, 0) is 18.6 Å². The van der Waals surface area contributed by atoms with Crippen LogP contribution in [0, 0.1) is 0 Å². The third-order valence-electron chi connectivity index (χ3n) is 1.92. The van der Waals surface area contributed by atoms with E-state index < -0.39 is 0 Å². The fourth-order valence-corrected chi connectivity index (χ4v) is 2.45. The van der Waals surface area contributed by atoms with Crippen LogP contribution < -0.4 is 4.90 Å². The van der Waals surface area contributed by atoms with Gasteiger partial charge >= 0.3 is 0 Å². The summed E-state index contributed by atoms with van der Waals surface area (Å²) in [5, 5.41) is 1.76. The Kier molecular flexibility index (Phi) is 4.36. The van der Waals surface area contributed by atoms with Crippen LogP contribution in [0.3, 0.4) is 0 Å². The van der Waals surface area contributed by atoms with Gasteiger partial charge in [-0.3, -0.25) is 0 Å². The molecule has 0 amide bonds. The molecule has 0 saturated heterocycles. The first kappa shape index (κ1) is 12.0. The summed E-state index contributed by atoms with van der Waals surface area (Å²) < 4.78 is 0. The Morgan fingerprint density at radius 1 is 1.14 bits per heavy atom. The molecule has 78 valence electrons. The zero-order valence-corrected chi connectivity index (χ0v) is 10.4. The number of nitrogens with zero attached hydrogens (tertiary/aromatic N) is 1. The van der Waals surface area contributed by atoms with Crippen LogP contribution in [0.5, 0.6) is 0 Å². The smallest absolute Gasteiger partial charge is 0.0743 e. The number of halogens is 3. The number of rotatable bonds is 3. The summed E-state index contributed by atoms with van der Waals surface area (Å²) in [6.45, 7) is 3.02. The van der Waals surface area contributed by atoms with E-state index in [9.17, 15) is 0 Å². The largest absolute Gasteiger partial charge is 0.372 e. The van der Waals surface area contributed by atoms with Gasteiger partial charge < -0.3 is 4.90 Å². The summed E-state index contributed by atoms with van der Waals surface area (Å²) in [6, 6.07) is 3.41. The molecule has 4 heteroatoms. The fourth-order valence-electron chi connectivity index (χ4n) is 1.35. The maximum atomic E-state index is 6.05. The maximum Gasteiger partial charge on any atom is 0.0743 e. The Labute approximate surface area is 99.6 Å². The molecule has 1 rings (SSSR count). The number of hydrogen-bond acceptors (Lipinski definition) is 1. The van der Waals surface area contributed by atoms with Crippen molar-refractivity contribution in [1.29, 1.82) is 0 Å². The van der Waals surface area contributed by atoms with Crippen molar-refractivity contribution >= 4 is 40.5 Å². The predicted molar refractivity (Wildman–Crippen MR) is 65.0 cm³/mol. The highest BCUT2D eigenvalue weighted by Gasteiger charge is 2.11. The standard InChI is InChI=1S/C10H12Cl3N/c1-3-4-14(2)10-8(12)5-7(11)6-9(10)13/h5-6H,3-4H2,1-2H3. The first-order chi connectivity index (χ1) is 6.56. The average molecular weight is 253 g/mol. The highest BCUT2D eigenvalue weighted by Crippen LogP contribution is 2.35. The van der Waals surface area contributed by atoms with E-state index in [1.165, 1.54) is 0 Å². The lowest BCUT2D eigenvalue weighted by Crippen LogP contribution is -2.18. The van der Waals surface area contributed by atoms with Crippen molar-refractivity contribution in [3.8, 4) is 0 Å². The Morgan fingerprint density at radius 2 is 1.64 bits per heavy atom. The van der Waals surface area contributed by atoms with Gasteiger partial charge in [-0.2, -0.15) is 0 Å². The molecule has 0 heterocycles. The maximum absolute atomic E-state index is 6.05. The second-order valence-electron chi connectivity index (χ2n) is 3.14. The van der Waals surface area contributed by atoms with Gasteiger partial charge in [-0.1, -0.05) is 41.7 Å². The number of anilines is 1. The molecule has 1 aromatic carbocycles. The normalized spacial score (nSPS) is 10.4. The van der Waals surface area contributed by atoms with Gasteiger partial charge in [0.1, 0.15) is 0 Å². The van der Waals surface area contributed by atoms with E-state index in [1.54, 1.807) is 12.1 Å². The first-order valence-corrected chi connectivity index (χ1v) is 5.55. The molecule has 0 fully saturated rings. The monoisotopic (exact) mass is 251 g/mol. The highest BCUT2D eigenvalue weighted by molar-refractivity contribution is 6.41. The lowest BCUT2D eigenvalue weighted by Gasteiger charge is -2.21. The van der Waals surface area contributed by atoms with E-state index in [0.29, 0.717) is 15.1 Å². The van der Waals surface area contributed by atoms with Gasteiger partial charge in [0.05, 0.1) is 15.7 Å². The van der Waals surface area contributed by atoms with Crippen LogP contribution in [-0.4, -0.2) is 13.6 Å². The van der Waals surface area contributed by atoms with Crippen LogP contribution in [0.15, 0.2) is 12.1 Å². The average Bonchev–Trinajstić information content (AvgIpc) is 2.01. The zero-order valence-electron chi connectivity index (χ0n) is 8.15. The van der Waals surface area contributed by atoms with Gasteiger partial charge in [-0.15, -0.1) is 0 Å². The van der Waals surface area contributed by atoms with E-state index in [4.69, 9.17) is 34.8 Å². The molecule has 0 aliphatic heterocycles. The summed E-state index contributed by atoms with van der Waals surface area (Å²) in [7, 11) is 1.96. The lowest BCUT2D eigenvalue weighted by molar-refractivity contribution is 0.852. The van der Waals surface area contributed by atoms with Crippen molar-refractivity contribution in [3.63, 3.8) is 0 Å². The summed E-state index contributed by atoms with van der Waals surface area (Å²) >= 11 is 17.9.